The lowest BCUT2D eigenvalue weighted by Gasteiger charge is -2.24. The molecule has 1 heterocycles. The van der Waals surface area contributed by atoms with Crippen molar-refractivity contribution in [1.82, 2.24) is 5.32 Å². The Bertz CT molecular complexity index is 539. The van der Waals surface area contributed by atoms with E-state index in [4.69, 9.17) is 0 Å². The Kier molecular flexibility index (Phi) is 4.91. The summed E-state index contributed by atoms with van der Waals surface area (Å²) in [5.41, 5.74) is 0.345. The van der Waals surface area contributed by atoms with Crippen molar-refractivity contribution >= 4 is 11.3 Å². The fraction of sp³-hybridized carbons (Fsp3) is 0.375. The summed E-state index contributed by atoms with van der Waals surface area (Å²) in [4.78, 5) is 1.30. The van der Waals surface area contributed by atoms with Crippen LogP contribution in [0, 0.1) is 5.82 Å². The highest BCUT2D eigenvalue weighted by molar-refractivity contribution is 7.10. The first kappa shape index (κ1) is 15.2. The molecule has 1 aromatic carbocycles. The summed E-state index contributed by atoms with van der Waals surface area (Å²) in [6.45, 7) is 5.39. The lowest BCUT2D eigenvalue weighted by Crippen LogP contribution is -2.34. The normalized spacial score (nSPS) is 13.4. The van der Waals surface area contributed by atoms with Crippen molar-refractivity contribution in [1.29, 1.82) is 0 Å². The number of hydrogen-bond donors (Lipinski definition) is 2. The Morgan fingerprint density at radius 1 is 1.25 bits per heavy atom. The van der Waals surface area contributed by atoms with E-state index in [1.807, 2.05) is 6.07 Å². The van der Waals surface area contributed by atoms with E-state index >= 15 is 0 Å². The van der Waals surface area contributed by atoms with Gasteiger partial charge in [0.25, 0.3) is 0 Å². The molecule has 1 atom stereocenters. The number of rotatable bonds is 6. The Morgan fingerprint density at radius 3 is 2.65 bits per heavy atom. The second-order valence-corrected chi connectivity index (χ2v) is 6.48. The van der Waals surface area contributed by atoms with Crippen LogP contribution in [-0.2, 0) is 5.41 Å². The minimum atomic E-state index is -0.824. The molecule has 108 valence electrons. The first-order valence-electron chi connectivity index (χ1n) is 6.68. The van der Waals surface area contributed by atoms with Crippen LogP contribution in [0.4, 0.5) is 4.39 Å². The molecule has 0 fully saturated rings. The maximum atomic E-state index is 13.5. The van der Waals surface area contributed by atoms with Crippen molar-refractivity contribution < 1.29 is 9.50 Å². The largest absolute Gasteiger partial charge is 0.387 e. The van der Waals surface area contributed by atoms with Crippen LogP contribution in [0.5, 0.6) is 0 Å². The summed E-state index contributed by atoms with van der Waals surface area (Å²) < 4.78 is 13.5. The number of nitrogens with one attached hydrogen (secondary N) is 1. The van der Waals surface area contributed by atoms with Crippen LogP contribution in [0.2, 0.25) is 0 Å². The monoisotopic (exact) mass is 293 g/mol. The van der Waals surface area contributed by atoms with E-state index < -0.39 is 6.10 Å². The van der Waals surface area contributed by atoms with Crippen molar-refractivity contribution in [3.8, 4) is 0 Å². The van der Waals surface area contributed by atoms with Gasteiger partial charge in [0, 0.05) is 28.9 Å². The van der Waals surface area contributed by atoms with Crippen molar-refractivity contribution in [2.24, 2.45) is 0 Å². The van der Waals surface area contributed by atoms with Gasteiger partial charge in [0.05, 0.1) is 6.10 Å². The van der Waals surface area contributed by atoms with Crippen LogP contribution >= 0.6 is 11.3 Å². The molecule has 4 heteroatoms. The van der Waals surface area contributed by atoms with Crippen LogP contribution in [0.15, 0.2) is 41.8 Å². The average Bonchev–Trinajstić information content (AvgIpc) is 2.93. The third-order valence-corrected chi connectivity index (χ3v) is 4.59. The van der Waals surface area contributed by atoms with Crippen LogP contribution in [0.25, 0.3) is 0 Å². The minimum absolute atomic E-state index is 0.00309. The number of halogens is 1. The average molecular weight is 293 g/mol. The molecule has 1 aromatic heterocycles. The third-order valence-electron chi connectivity index (χ3n) is 3.36. The second-order valence-electron chi connectivity index (χ2n) is 5.53. The summed E-state index contributed by atoms with van der Waals surface area (Å²) in [6.07, 6.45) is -0.824. The van der Waals surface area contributed by atoms with Crippen LogP contribution in [0.1, 0.15) is 30.4 Å². The van der Waals surface area contributed by atoms with Gasteiger partial charge in [0.1, 0.15) is 5.82 Å². The zero-order valence-corrected chi connectivity index (χ0v) is 12.6. The van der Waals surface area contributed by atoms with Crippen molar-refractivity contribution in [3.05, 3.63) is 58.0 Å². The van der Waals surface area contributed by atoms with Gasteiger partial charge in [-0.15, -0.1) is 11.3 Å². The SMILES string of the molecule is CC(C)(CNCC(O)c1ccccc1F)c1cccs1. The minimum Gasteiger partial charge on any atom is -0.387 e. The van der Waals surface area contributed by atoms with E-state index in [1.54, 1.807) is 29.5 Å². The van der Waals surface area contributed by atoms with E-state index in [9.17, 15) is 9.50 Å². The van der Waals surface area contributed by atoms with E-state index in [2.05, 4.69) is 30.6 Å². The van der Waals surface area contributed by atoms with Gasteiger partial charge in [-0.1, -0.05) is 38.1 Å². The van der Waals surface area contributed by atoms with Gasteiger partial charge in [0.15, 0.2) is 0 Å². The number of hydrogen-bond acceptors (Lipinski definition) is 3. The van der Waals surface area contributed by atoms with Gasteiger partial charge in [-0.3, -0.25) is 0 Å². The van der Waals surface area contributed by atoms with E-state index in [1.165, 1.54) is 10.9 Å². The lowest BCUT2D eigenvalue weighted by atomic mass is 9.91. The summed E-state index contributed by atoms with van der Waals surface area (Å²) in [5.74, 6) is -0.362. The van der Waals surface area contributed by atoms with E-state index in [0.29, 0.717) is 12.1 Å². The maximum absolute atomic E-state index is 13.5. The fourth-order valence-electron chi connectivity index (χ4n) is 2.13. The summed E-state index contributed by atoms with van der Waals surface area (Å²) in [5, 5.41) is 15.3. The van der Waals surface area contributed by atoms with Crippen molar-refractivity contribution in [2.75, 3.05) is 13.1 Å². The highest BCUT2D eigenvalue weighted by Gasteiger charge is 2.22. The van der Waals surface area contributed by atoms with E-state index in [0.717, 1.165) is 6.54 Å². The highest BCUT2D eigenvalue weighted by atomic mass is 32.1. The standard InChI is InChI=1S/C16H20FNOS/c1-16(2,15-8-5-9-20-15)11-18-10-14(19)12-6-3-4-7-13(12)17/h3-9,14,18-19H,10-11H2,1-2H3. The molecule has 20 heavy (non-hydrogen) atoms. The molecule has 0 aliphatic carbocycles. The molecule has 0 aliphatic heterocycles. The molecule has 2 rings (SSSR count). The second kappa shape index (κ2) is 6.48. The third kappa shape index (κ3) is 3.66. The Hall–Kier alpha value is -1.23. The summed E-state index contributed by atoms with van der Waals surface area (Å²) in [7, 11) is 0. The van der Waals surface area contributed by atoms with Crippen LogP contribution in [0.3, 0.4) is 0 Å². The molecule has 0 saturated carbocycles. The van der Waals surface area contributed by atoms with Gasteiger partial charge in [-0.25, -0.2) is 4.39 Å². The zero-order valence-electron chi connectivity index (χ0n) is 11.8. The Balaban J connectivity index is 1.89. The van der Waals surface area contributed by atoms with Crippen molar-refractivity contribution in [3.63, 3.8) is 0 Å². The van der Waals surface area contributed by atoms with Gasteiger partial charge >= 0.3 is 0 Å². The molecule has 2 aromatic rings. The lowest BCUT2D eigenvalue weighted by molar-refractivity contribution is 0.168. The number of benzene rings is 1. The Morgan fingerprint density at radius 2 is 2.00 bits per heavy atom. The van der Waals surface area contributed by atoms with E-state index in [-0.39, 0.29) is 11.2 Å². The van der Waals surface area contributed by atoms with Crippen molar-refractivity contribution in [2.45, 2.75) is 25.4 Å². The predicted octanol–water partition coefficient (Wildman–Crippen LogP) is 3.49. The summed E-state index contributed by atoms with van der Waals surface area (Å²) >= 11 is 1.73. The zero-order chi connectivity index (χ0) is 14.6. The first-order chi connectivity index (χ1) is 9.50. The Labute approximate surface area is 123 Å². The molecule has 2 nitrogen and oxygen atoms in total. The molecule has 0 aliphatic rings. The molecule has 0 bridgehead atoms. The molecule has 0 radical (unpaired) electrons. The fourth-order valence-corrected chi connectivity index (χ4v) is 2.98. The van der Waals surface area contributed by atoms with Crippen LogP contribution in [-0.4, -0.2) is 18.2 Å². The molecule has 1 unspecified atom stereocenters. The van der Waals surface area contributed by atoms with Gasteiger partial charge in [0.2, 0.25) is 0 Å². The number of thiophene rings is 1. The topological polar surface area (TPSA) is 32.3 Å². The highest BCUT2D eigenvalue weighted by Crippen LogP contribution is 2.26. The first-order valence-corrected chi connectivity index (χ1v) is 7.56. The van der Waals surface area contributed by atoms with Gasteiger partial charge in [-0.05, 0) is 17.5 Å². The molecule has 0 saturated heterocycles. The molecule has 0 spiro atoms. The molecule has 0 amide bonds. The van der Waals surface area contributed by atoms with Crippen LogP contribution < -0.4 is 5.32 Å². The predicted molar refractivity (Wildman–Crippen MR) is 81.6 cm³/mol. The quantitative estimate of drug-likeness (QED) is 0.854. The number of aliphatic hydroxyl groups excluding tert-OH is 1. The molecular formula is C16H20FNOS. The smallest absolute Gasteiger partial charge is 0.129 e. The van der Waals surface area contributed by atoms with Gasteiger partial charge in [-0.2, -0.15) is 0 Å². The maximum Gasteiger partial charge on any atom is 0.129 e. The molecule has 2 N–H and O–H groups in total. The molecular weight excluding hydrogens is 273 g/mol. The van der Waals surface area contributed by atoms with Gasteiger partial charge < -0.3 is 10.4 Å². The summed E-state index contributed by atoms with van der Waals surface area (Å²) in [6, 6.07) is 10.5. The number of aliphatic hydroxyl groups is 1.